The van der Waals surface area contributed by atoms with Gasteiger partial charge in [-0.05, 0) is 37.6 Å². The number of amides is 2. The van der Waals surface area contributed by atoms with Gasteiger partial charge in [-0.3, -0.25) is 14.5 Å². The molecule has 1 saturated heterocycles. The maximum Gasteiger partial charge on any atom is 0.414 e. The molecular weight excluding hydrogens is 516 g/mol. The maximum absolute atomic E-state index is 13.4. The van der Waals surface area contributed by atoms with E-state index in [0.717, 1.165) is 67.0 Å². The van der Waals surface area contributed by atoms with Crippen LogP contribution >= 0.6 is 0 Å². The number of carbonyl (C=O) groups is 4. The fourth-order valence-corrected chi connectivity index (χ4v) is 5.31. The Morgan fingerprint density at radius 3 is 2.35 bits per heavy atom. The predicted molar refractivity (Wildman–Crippen MR) is 147 cm³/mol. The Balaban J connectivity index is 0.000000557. The van der Waals surface area contributed by atoms with Crippen LogP contribution in [0.5, 0.6) is 0 Å². The molecule has 1 unspecified atom stereocenters. The Kier molecular flexibility index (Phi) is 9.18. The van der Waals surface area contributed by atoms with E-state index >= 15 is 0 Å². The molecule has 0 spiro atoms. The first-order chi connectivity index (χ1) is 19.2. The summed E-state index contributed by atoms with van der Waals surface area (Å²) in [5.74, 6) is -3.85. The van der Waals surface area contributed by atoms with Gasteiger partial charge in [0.2, 0.25) is 5.91 Å². The second kappa shape index (κ2) is 12.8. The number of nitrogens with zero attached hydrogens (tertiary/aromatic N) is 3. The fraction of sp³-hybridized carbons (Fsp3) is 0.379. The van der Waals surface area contributed by atoms with Gasteiger partial charge >= 0.3 is 11.9 Å². The average Bonchev–Trinajstić information content (AvgIpc) is 3.37. The summed E-state index contributed by atoms with van der Waals surface area (Å²) in [6.45, 7) is 7.11. The van der Waals surface area contributed by atoms with Crippen LogP contribution in [-0.4, -0.2) is 94.3 Å². The predicted octanol–water partition coefficient (Wildman–Crippen LogP) is 2.03. The summed E-state index contributed by atoms with van der Waals surface area (Å²) in [6.07, 6.45) is 0.881. The minimum Gasteiger partial charge on any atom is -0.473 e. The van der Waals surface area contributed by atoms with Crippen molar-refractivity contribution >= 4 is 34.7 Å². The van der Waals surface area contributed by atoms with E-state index in [2.05, 4.69) is 40.9 Å². The molecule has 2 aliphatic heterocycles. The number of para-hydroxylation sites is 1. The molecular formula is C29H34N4O7. The number of rotatable bonds is 7. The Morgan fingerprint density at radius 1 is 1.00 bits per heavy atom. The number of aliphatic carboxylic acids is 2. The number of hydrogen-bond donors (Lipinski definition) is 3. The molecule has 0 radical (unpaired) electrons. The molecule has 5 rings (SSSR count). The van der Waals surface area contributed by atoms with Crippen LogP contribution in [0.25, 0.3) is 10.9 Å². The molecule has 212 valence electrons. The van der Waals surface area contributed by atoms with Crippen LogP contribution < -0.4 is 5.32 Å². The number of carboxylic acids is 2. The van der Waals surface area contributed by atoms with E-state index < -0.39 is 11.9 Å². The van der Waals surface area contributed by atoms with Gasteiger partial charge in [-0.2, -0.15) is 0 Å². The summed E-state index contributed by atoms with van der Waals surface area (Å²) in [7, 11) is 2.05. The van der Waals surface area contributed by atoms with Crippen LogP contribution in [-0.2, 0) is 26.2 Å². The highest BCUT2D eigenvalue weighted by molar-refractivity contribution is 6.27. The van der Waals surface area contributed by atoms with Gasteiger partial charge in [0, 0.05) is 54.4 Å². The molecule has 3 heterocycles. The SMILES string of the molecule is Cc1c(C2c3ccccc3C(=O)N2CC(=O)NCCCN2CCOCC2)c2ccccc2n1C.O=C(O)C(=O)O. The number of aryl methyl sites for hydroxylation is 1. The average molecular weight is 551 g/mol. The molecule has 2 aliphatic rings. The largest absolute Gasteiger partial charge is 0.473 e. The van der Waals surface area contributed by atoms with Crippen molar-refractivity contribution in [3.63, 3.8) is 0 Å². The summed E-state index contributed by atoms with van der Waals surface area (Å²) < 4.78 is 7.55. The highest BCUT2D eigenvalue weighted by Gasteiger charge is 2.40. The minimum atomic E-state index is -1.82. The zero-order valence-corrected chi connectivity index (χ0v) is 22.6. The quantitative estimate of drug-likeness (QED) is 0.300. The van der Waals surface area contributed by atoms with Crippen molar-refractivity contribution in [1.29, 1.82) is 0 Å². The summed E-state index contributed by atoms with van der Waals surface area (Å²) in [4.78, 5) is 48.6. The third kappa shape index (κ3) is 6.16. The van der Waals surface area contributed by atoms with Gasteiger partial charge in [-0.15, -0.1) is 0 Å². The molecule has 0 bridgehead atoms. The standard InChI is InChI=1S/C27H32N4O3.C2H2O4/c1-19-25(22-10-5-6-11-23(22)29(19)2)26-20-8-3-4-9-21(20)27(33)31(26)18-24(32)28-12-7-13-30-14-16-34-17-15-30;3-1(4)2(5)6/h3-6,8-11,26H,7,12-18H2,1-2H3,(H,28,32);(H,3,4)(H,5,6). The second-order valence-corrected chi connectivity index (χ2v) is 9.77. The minimum absolute atomic E-state index is 0.0401. The molecule has 1 atom stereocenters. The smallest absolute Gasteiger partial charge is 0.414 e. The van der Waals surface area contributed by atoms with Crippen LogP contribution in [0.15, 0.2) is 48.5 Å². The summed E-state index contributed by atoms with van der Waals surface area (Å²) >= 11 is 0. The number of benzene rings is 2. The topological polar surface area (TPSA) is 141 Å². The molecule has 1 fully saturated rings. The normalized spacial score (nSPS) is 16.8. The third-order valence-corrected chi connectivity index (χ3v) is 7.35. The lowest BCUT2D eigenvalue weighted by molar-refractivity contribution is -0.159. The highest BCUT2D eigenvalue weighted by atomic mass is 16.5. The van der Waals surface area contributed by atoms with E-state index in [1.807, 2.05) is 36.4 Å². The monoisotopic (exact) mass is 550 g/mol. The van der Waals surface area contributed by atoms with E-state index in [-0.39, 0.29) is 24.4 Å². The molecule has 3 aromatic rings. The van der Waals surface area contributed by atoms with Crippen molar-refractivity contribution in [1.82, 2.24) is 19.7 Å². The van der Waals surface area contributed by atoms with Gasteiger partial charge in [0.05, 0.1) is 19.3 Å². The van der Waals surface area contributed by atoms with Crippen molar-refractivity contribution in [2.24, 2.45) is 7.05 Å². The van der Waals surface area contributed by atoms with Gasteiger partial charge in [0.25, 0.3) is 5.91 Å². The van der Waals surface area contributed by atoms with Crippen LogP contribution in [0.3, 0.4) is 0 Å². The second-order valence-electron chi connectivity index (χ2n) is 9.77. The van der Waals surface area contributed by atoms with Crippen LogP contribution in [0.1, 0.15) is 39.6 Å². The Labute approximate surface area is 231 Å². The highest BCUT2D eigenvalue weighted by Crippen LogP contribution is 2.43. The maximum atomic E-state index is 13.4. The van der Waals surface area contributed by atoms with Gasteiger partial charge in [-0.25, -0.2) is 9.59 Å². The number of morpholine rings is 1. The first-order valence-electron chi connectivity index (χ1n) is 13.2. The molecule has 0 aliphatic carbocycles. The van der Waals surface area contributed by atoms with Gasteiger partial charge in [0.15, 0.2) is 0 Å². The number of hydrogen-bond acceptors (Lipinski definition) is 6. The van der Waals surface area contributed by atoms with Crippen molar-refractivity contribution in [3.05, 3.63) is 70.9 Å². The molecule has 11 heteroatoms. The Bertz CT molecular complexity index is 1400. The Hall–Kier alpha value is -4.22. The van der Waals surface area contributed by atoms with Gasteiger partial charge < -0.3 is 29.7 Å². The van der Waals surface area contributed by atoms with Gasteiger partial charge in [-0.1, -0.05) is 36.4 Å². The fourth-order valence-electron chi connectivity index (χ4n) is 5.31. The summed E-state index contributed by atoms with van der Waals surface area (Å²) in [5.41, 5.74) is 4.97. The lowest BCUT2D eigenvalue weighted by Gasteiger charge is -2.27. The number of carboxylic acid groups (broad SMARTS) is 2. The molecule has 3 N–H and O–H groups in total. The zero-order valence-electron chi connectivity index (χ0n) is 22.6. The van der Waals surface area contributed by atoms with Crippen molar-refractivity contribution in [2.75, 3.05) is 45.9 Å². The summed E-state index contributed by atoms with van der Waals surface area (Å²) in [5, 5.41) is 18.9. The number of fused-ring (bicyclic) bond motifs is 2. The number of carbonyl (C=O) groups excluding carboxylic acids is 2. The molecule has 2 aromatic carbocycles. The van der Waals surface area contributed by atoms with E-state index in [1.165, 1.54) is 0 Å². The lowest BCUT2D eigenvalue weighted by atomic mass is 9.95. The van der Waals surface area contributed by atoms with Crippen molar-refractivity contribution < 1.29 is 34.1 Å². The Morgan fingerprint density at radius 2 is 1.65 bits per heavy atom. The van der Waals surface area contributed by atoms with Gasteiger partial charge in [0.1, 0.15) is 6.54 Å². The van der Waals surface area contributed by atoms with Crippen LogP contribution in [0.2, 0.25) is 0 Å². The lowest BCUT2D eigenvalue weighted by Crippen LogP contribution is -2.41. The van der Waals surface area contributed by atoms with E-state index in [9.17, 15) is 9.59 Å². The van der Waals surface area contributed by atoms with Crippen LogP contribution in [0.4, 0.5) is 0 Å². The first-order valence-corrected chi connectivity index (χ1v) is 13.2. The summed E-state index contributed by atoms with van der Waals surface area (Å²) in [6, 6.07) is 15.7. The number of nitrogens with one attached hydrogen (secondary N) is 1. The zero-order chi connectivity index (χ0) is 28.8. The molecule has 1 aromatic heterocycles. The number of aromatic nitrogens is 1. The third-order valence-electron chi connectivity index (χ3n) is 7.35. The molecule has 0 saturated carbocycles. The van der Waals surface area contributed by atoms with E-state index in [1.54, 1.807) is 4.90 Å². The van der Waals surface area contributed by atoms with E-state index in [0.29, 0.717) is 12.1 Å². The van der Waals surface area contributed by atoms with E-state index in [4.69, 9.17) is 24.5 Å². The number of ether oxygens (including phenoxy) is 1. The molecule has 40 heavy (non-hydrogen) atoms. The van der Waals surface area contributed by atoms with Crippen LogP contribution in [0, 0.1) is 6.92 Å². The van der Waals surface area contributed by atoms with Crippen molar-refractivity contribution in [2.45, 2.75) is 19.4 Å². The van der Waals surface area contributed by atoms with Crippen molar-refractivity contribution in [3.8, 4) is 0 Å². The molecule has 2 amide bonds. The molecule has 11 nitrogen and oxygen atoms in total. The first kappa shape index (κ1) is 28.8.